The van der Waals surface area contributed by atoms with Gasteiger partial charge in [-0.05, 0) is 67.1 Å². The fourth-order valence-electron chi connectivity index (χ4n) is 3.86. The minimum Gasteiger partial charge on any atom is -0.350 e. The maximum atomic E-state index is 13.6. The van der Waals surface area contributed by atoms with Gasteiger partial charge in [-0.2, -0.15) is 23.5 Å². The Morgan fingerprint density at radius 1 is 1.15 bits per heavy atom. The van der Waals surface area contributed by atoms with E-state index in [-0.39, 0.29) is 45.0 Å². The molecule has 40 heavy (non-hydrogen) atoms. The number of hydrogen-bond acceptors (Lipinski definition) is 7. The van der Waals surface area contributed by atoms with Gasteiger partial charge in [-0.25, -0.2) is 9.36 Å². The number of hydrogen-bond donors (Lipinski definition) is 2. The smallest absolute Gasteiger partial charge is 0.350 e. The van der Waals surface area contributed by atoms with Gasteiger partial charge in [0.1, 0.15) is 5.69 Å². The van der Waals surface area contributed by atoms with Crippen LogP contribution >= 0.6 is 11.6 Å². The summed E-state index contributed by atoms with van der Waals surface area (Å²) < 4.78 is 41.6. The summed E-state index contributed by atoms with van der Waals surface area (Å²) >= 11 is 6.34. The van der Waals surface area contributed by atoms with Crippen molar-refractivity contribution in [3.63, 3.8) is 0 Å². The van der Waals surface area contributed by atoms with Gasteiger partial charge in [0.2, 0.25) is 0 Å². The van der Waals surface area contributed by atoms with Crippen LogP contribution in [0.2, 0.25) is 5.02 Å². The molecule has 2 amide bonds. The van der Waals surface area contributed by atoms with Gasteiger partial charge in [0.05, 0.1) is 45.8 Å². The molecule has 0 radical (unpaired) electrons. The maximum absolute atomic E-state index is 13.6. The van der Waals surface area contributed by atoms with Crippen molar-refractivity contribution in [3.8, 4) is 11.8 Å². The maximum Gasteiger partial charge on any atom is 0.453 e. The number of alkyl halides is 3. The van der Waals surface area contributed by atoms with Gasteiger partial charge < -0.3 is 10.6 Å². The zero-order valence-electron chi connectivity index (χ0n) is 21.3. The van der Waals surface area contributed by atoms with E-state index in [1.165, 1.54) is 22.9 Å². The molecule has 0 unspecified atom stereocenters. The molecule has 0 spiro atoms. The number of aromatic nitrogens is 6. The summed E-state index contributed by atoms with van der Waals surface area (Å²) in [6.45, 7) is 4.64. The van der Waals surface area contributed by atoms with Crippen LogP contribution in [0.5, 0.6) is 0 Å². The van der Waals surface area contributed by atoms with Crippen molar-refractivity contribution in [2.45, 2.75) is 39.5 Å². The highest BCUT2D eigenvalue weighted by Crippen LogP contribution is 2.28. The first kappa shape index (κ1) is 28.2. The lowest BCUT2D eigenvalue weighted by molar-refractivity contribution is -0.147. The Bertz CT molecular complexity index is 1640. The molecule has 2 aromatic heterocycles. The van der Waals surface area contributed by atoms with Crippen LogP contribution in [0.15, 0.2) is 42.5 Å². The second-order valence-electron chi connectivity index (χ2n) is 8.95. The van der Waals surface area contributed by atoms with Crippen LogP contribution in [0, 0.1) is 18.3 Å². The van der Waals surface area contributed by atoms with Crippen molar-refractivity contribution < 1.29 is 22.8 Å². The SMILES string of the molecule is Cc1cc(C#N)cc(C(=O)NC(C)C)c1NC(=O)c1cc(Cn2nnnc2C(F)(F)F)nn1-c1ccccc1Cl. The van der Waals surface area contributed by atoms with E-state index < -0.39 is 30.4 Å². The summed E-state index contributed by atoms with van der Waals surface area (Å²) in [5.74, 6) is -2.58. The predicted molar refractivity (Wildman–Crippen MR) is 137 cm³/mol. The van der Waals surface area contributed by atoms with Crippen molar-refractivity contribution in [3.05, 3.63) is 81.4 Å². The third-order valence-electron chi connectivity index (χ3n) is 5.54. The van der Waals surface area contributed by atoms with Crippen LogP contribution in [0.3, 0.4) is 0 Å². The number of nitrogens with one attached hydrogen (secondary N) is 2. The molecular formula is C25H21ClF3N9O2. The number of para-hydroxylation sites is 1. The van der Waals surface area contributed by atoms with Gasteiger partial charge in [-0.3, -0.25) is 9.59 Å². The highest BCUT2D eigenvalue weighted by atomic mass is 35.5. The zero-order valence-corrected chi connectivity index (χ0v) is 22.0. The first-order chi connectivity index (χ1) is 18.9. The summed E-state index contributed by atoms with van der Waals surface area (Å²) in [4.78, 5) is 26.5. The molecule has 0 aliphatic heterocycles. The number of aryl methyl sites for hydroxylation is 1. The lowest BCUT2D eigenvalue weighted by Crippen LogP contribution is -2.31. The van der Waals surface area contributed by atoms with Crippen molar-refractivity contribution >= 4 is 29.1 Å². The van der Waals surface area contributed by atoms with Crippen molar-refractivity contribution in [1.82, 2.24) is 35.3 Å². The largest absolute Gasteiger partial charge is 0.453 e. The second kappa shape index (κ2) is 11.1. The van der Waals surface area contributed by atoms with Gasteiger partial charge in [0.15, 0.2) is 0 Å². The Morgan fingerprint density at radius 3 is 2.52 bits per heavy atom. The Balaban J connectivity index is 1.78. The van der Waals surface area contributed by atoms with Gasteiger partial charge in [-0.1, -0.05) is 23.7 Å². The van der Waals surface area contributed by atoms with Crippen LogP contribution in [-0.2, 0) is 12.7 Å². The standard InChI is InChI=1S/C25H21ClF3N9O2/c1-13(2)31-22(39)17-9-15(11-30)8-14(3)21(17)32-23(40)20-10-16(12-37-24(25(27,28)29)33-35-36-37)34-38(20)19-7-5-4-6-18(19)26/h4-10,13H,12H2,1-3H3,(H,31,39)(H,32,40). The Hall–Kier alpha value is -4.77. The molecular weight excluding hydrogens is 551 g/mol. The quantitative estimate of drug-likeness (QED) is 0.339. The highest BCUT2D eigenvalue weighted by Gasteiger charge is 2.38. The normalized spacial score (nSPS) is 11.4. The van der Waals surface area contributed by atoms with Crippen molar-refractivity contribution in [2.75, 3.05) is 5.32 Å². The van der Waals surface area contributed by atoms with Gasteiger partial charge in [0.25, 0.3) is 17.6 Å². The summed E-state index contributed by atoms with van der Waals surface area (Å²) in [5, 5.41) is 28.9. The molecule has 0 fully saturated rings. The monoisotopic (exact) mass is 571 g/mol. The number of carbonyl (C=O) groups excluding carboxylic acids is 2. The molecule has 0 saturated heterocycles. The third-order valence-corrected chi connectivity index (χ3v) is 5.86. The first-order valence-electron chi connectivity index (χ1n) is 11.7. The summed E-state index contributed by atoms with van der Waals surface area (Å²) in [5.41, 5.74) is 1.08. The molecule has 0 saturated carbocycles. The second-order valence-corrected chi connectivity index (χ2v) is 9.36. The third kappa shape index (κ3) is 5.94. The number of halogens is 4. The van der Waals surface area contributed by atoms with E-state index in [1.807, 2.05) is 6.07 Å². The molecule has 0 aliphatic carbocycles. The van der Waals surface area contributed by atoms with E-state index in [4.69, 9.17) is 11.6 Å². The van der Waals surface area contributed by atoms with E-state index in [0.717, 1.165) is 0 Å². The lowest BCUT2D eigenvalue weighted by atomic mass is 10.0. The van der Waals surface area contributed by atoms with Crippen LogP contribution in [0.1, 0.15) is 57.3 Å². The Kier molecular flexibility index (Phi) is 7.87. The molecule has 2 aromatic carbocycles. The summed E-state index contributed by atoms with van der Waals surface area (Å²) in [7, 11) is 0. The number of rotatable bonds is 7. The number of benzene rings is 2. The molecule has 0 aliphatic rings. The van der Waals surface area contributed by atoms with E-state index in [0.29, 0.717) is 10.2 Å². The minimum absolute atomic E-state index is 0.0252. The Morgan fingerprint density at radius 2 is 1.88 bits per heavy atom. The van der Waals surface area contributed by atoms with Crippen LogP contribution in [0.25, 0.3) is 5.69 Å². The van der Waals surface area contributed by atoms with Gasteiger partial charge in [0, 0.05) is 6.04 Å². The molecule has 11 nitrogen and oxygen atoms in total. The van der Waals surface area contributed by atoms with Gasteiger partial charge in [-0.15, -0.1) is 5.10 Å². The molecule has 0 atom stereocenters. The molecule has 2 heterocycles. The minimum atomic E-state index is -4.81. The molecule has 2 N–H and O–H groups in total. The number of nitrogens with zero attached hydrogens (tertiary/aromatic N) is 7. The fourth-order valence-corrected chi connectivity index (χ4v) is 4.07. The summed E-state index contributed by atoms with van der Waals surface area (Å²) in [6.07, 6.45) is -4.81. The Labute approximate surface area is 230 Å². The highest BCUT2D eigenvalue weighted by molar-refractivity contribution is 6.32. The molecule has 0 bridgehead atoms. The van der Waals surface area contributed by atoms with Crippen LogP contribution < -0.4 is 10.6 Å². The van der Waals surface area contributed by atoms with E-state index in [1.54, 1.807) is 45.0 Å². The van der Waals surface area contributed by atoms with Crippen molar-refractivity contribution in [2.24, 2.45) is 0 Å². The van der Waals surface area contributed by atoms with Crippen molar-refractivity contribution in [1.29, 1.82) is 5.26 Å². The number of anilines is 1. The fraction of sp³-hybridized carbons (Fsp3) is 0.240. The average Bonchev–Trinajstić information content (AvgIpc) is 3.52. The summed E-state index contributed by atoms with van der Waals surface area (Å²) in [6, 6.07) is 12.3. The zero-order chi connectivity index (χ0) is 29.2. The average molecular weight is 572 g/mol. The number of tetrazole rings is 1. The van der Waals surface area contributed by atoms with E-state index >= 15 is 0 Å². The number of amides is 2. The van der Waals surface area contributed by atoms with Crippen LogP contribution in [0.4, 0.5) is 18.9 Å². The topological polar surface area (TPSA) is 143 Å². The lowest BCUT2D eigenvalue weighted by Gasteiger charge is -2.16. The van der Waals surface area contributed by atoms with Gasteiger partial charge >= 0.3 is 6.18 Å². The van der Waals surface area contributed by atoms with E-state index in [2.05, 4.69) is 31.3 Å². The number of carbonyl (C=O) groups is 2. The molecule has 4 aromatic rings. The molecule has 15 heteroatoms. The van der Waals surface area contributed by atoms with Crippen LogP contribution in [-0.4, -0.2) is 47.8 Å². The van der Waals surface area contributed by atoms with E-state index in [9.17, 15) is 28.0 Å². The molecule has 206 valence electrons. The predicted octanol–water partition coefficient (Wildman–Crippen LogP) is 4.15. The number of nitriles is 1. The first-order valence-corrected chi connectivity index (χ1v) is 12.1. The molecule has 4 rings (SSSR count).